The van der Waals surface area contributed by atoms with E-state index in [2.05, 4.69) is 15.9 Å². The average Bonchev–Trinajstić information content (AvgIpc) is 2.33. The molecule has 2 rings (SSSR count). The number of hydrogen-bond donors (Lipinski definition) is 2. The first-order valence-electron chi connectivity index (χ1n) is 5.75. The second-order valence-electron chi connectivity index (χ2n) is 4.46. The molecule has 1 aliphatic rings. The molecule has 1 aliphatic heterocycles. The third-order valence-corrected chi connectivity index (χ3v) is 5.60. The largest absolute Gasteiger partial charge is 0.398 e. The van der Waals surface area contributed by atoms with Gasteiger partial charge < -0.3 is 10.8 Å². The van der Waals surface area contributed by atoms with Crippen LogP contribution in [0.5, 0.6) is 0 Å². The summed E-state index contributed by atoms with van der Waals surface area (Å²) < 4.78 is 39.9. The Balaban J connectivity index is 2.42. The van der Waals surface area contributed by atoms with E-state index in [1.807, 2.05) is 0 Å². The van der Waals surface area contributed by atoms with Crippen LogP contribution in [0.15, 0.2) is 21.5 Å². The van der Waals surface area contributed by atoms with Crippen LogP contribution in [0.4, 0.5) is 10.1 Å². The van der Waals surface area contributed by atoms with E-state index in [4.69, 9.17) is 5.73 Å². The molecular formula is C11H14BrFN2O3S. The quantitative estimate of drug-likeness (QED) is 0.786. The summed E-state index contributed by atoms with van der Waals surface area (Å²) in [6, 6.07) is 2.12. The molecule has 1 unspecified atom stereocenters. The smallest absolute Gasteiger partial charge is 0.246 e. The highest BCUT2D eigenvalue weighted by atomic mass is 79.9. The first-order valence-corrected chi connectivity index (χ1v) is 7.98. The highest BCUT2D eigenvalue weighted by Gasteiger charge is 2.31. The van der Waals surface area contributed by atoms with Gasteiger partial charge in [0.2, 0.25) is 10.0 Å². The van der Waals surface area contributed by atoms with Gasteiger partial charge in [-0.3, -0.25) is 0 Å². The molecule has 1 atom stereocenters. The fourth-order valence-corrected chi connectivity index (χ4v) is 3.93. The van der Waals surface area contributed by atoms with E-state index in [0.717, 1.165) is 16.4 Å². The maximum Gasteiger partial charge on any atom is 0.246 e. The van der Waals surface area contributed by atoms with E-state index < -0.39 is 26.8 Å². The Hall–Kier alpha value is -0.700. The molecular weight excluding hydrogens is 339 g/mol. The summed E-state index contributed by atoms with van der Waals surface area (Å²) in [6.07, 6.45) is 0.393. The lowest BCUT2D eigenvalue weighted by Gasteiger charge is -2.29. The normalized spacial score (nSPS) is 21.5. The summed E-state index contributed by atoms with van der Waals surface area (Å²) in [5.41, 5.74) is 5.75. The van der Waals surface area contributed by atoms with Crippen LogP contribution in [0.1, 0.15) is 12.8 Å². The number of piperidine rings is 1. The number of rotatable bonds is 2. The molecule has 0 spiro atoms. The molecule has 1 heterocycles. The fraction of sp³-hybridized carbons (Fsp3) is 0.455. The monoisotopic (exact) mass is 352 g/mol. The Morgan fingerprint density at radius 1 is 1.47 bits per heavy atom. The van der Waals surface area contributed by atoms with Crippen LogP contribution in [0.2, 0.25) is 0 Å². The van der Waals surface area contributed by atoms with E-state index in [9.17, 15) is 17.9 Å². The first-order chi connectivity index (χ1) is 8.82. The van der Waals surface area contributed by atoms with Gasteiger partial charge in [-0.15, -0.1) is 0 Å². The number of hydrogen-bond acceptors (Lipinski definition) is 4. The van der Waals surface area contributed by atoms with Crippen LogP contribution in [-0.2, 0) is 10.0 Å². The van der Waals surface area contributed by atoms with Gasteiger partial charge in [-0.05, 0) is 40.9 Å². The minimum atomic E-state index is -3.97. The molecule has 3 N–H and O–H groups in total. The number of anilines is 1. The van der Waals surface area contributed by atoms with Crippen molar-refractivity contribution in [3.05, 3.63) is 22.4 Å². The number of aliphatic hydroxyl groups excluding tert-OH is 1. The van der Waals surface area contributed by atoms with Crippen LogP contribution >= 0.6 is 15.9 Å². The van der Waals surface area contributed by atoms with E-state index in [-0.39, 0.29) is 18.8 Å². The molecule has 106 valence electrons. The zero-order valence-electron chi connectivity index (χ0n) is 10.0. The number of nitrogens with zero attached hydrogens (tertiary/aromatic N) is 1. The van der Waals surface area contributed by atoms with E-state index in [0.29, 0.717) is 17.3 Å². The lowest BCUT2D eigenvalue weighted by atomic mass is 10.1. The zero-order chi connectivity index (χ0) is 14.2. The maximum atomic E-state index is 13.8. The van der Waals surface area contributed by atoms with Crippen LogP contribution in [-0.4, -0.2) is 37.0 Å². The molecule has 0 radical (unpaired) electrons. The number of benzene rings is 1. The van der Waals surface area contributed by atoms with Gasteiger partial charge in [0.15, 0.2) is 0 Å². The van der Waals surface area contributed by atoms with Crippen LogP contribution < -0.4 is 5.73 Å². The van der Waals surface area contributed by atoms with Crippen molar-refractivity contribution in [2.45, 2.75) is 23.8 Å². The van der Waals surface area contributed by atoms with E-state index >= 15 is 0 Å². The lowest BCUT2D eigenvalue weighted by molar-refractivity contribution is 0.108. The molecule has 19 heavy (non-hydrogen) atoms. The molecule has 0 bridgehead atoms. The van der Waals surface area contributed by atoms with Gasteiger partial charge >= 0.3 is 0 Å². The summed E-state index contributed by atoms with van der Waals surface area (Å²) in [6.45, 7) is 0.256. The molecule has 1 aromatic rings. The third-order valence-electron chi connectivity index (χ3n) is 3.03. The summed E-state index contributed by atoms with van der Waals surface area (Å²) >= 11 is 3.04. The average molecular weight is 353 g/mol. The molecule has 0 aromatic heterocycles. The standard InChI is InChI=1S/C11H14BrFN2O3S/c12-8-4-9(13)11(5-10(8)14)19(17,18)15-3-1-2-7(16)6-15/h4-5,7,16H,1-3,6,14H2. The van der Waals surface area contributed by atoms with Gasteiger partial charge in [-0.1, -0.05) is 0 Å². The minimum Gasteiger partial charge on any atom is -0.398 e. The zero-order valence-corrected chi connectivity index (χ0v) is 12.4. The lowest BCUT2D eigenvalue weighted by Crippen LogP contribution is -2.42. The molecule has 1 aromatic carbocycles. The minimum absolute atomic E-state index is 0.0161. The summed E-state index contributed by atoms with van der Waals surface area (Å²) in [7, 11) is -3.97. The molecule has 5 nitrogen and oxygen atoms in total. The van der Waals surface area contributed by atoms with Crippen molar-refractivity contribution in [2.24, 2.45) is 0 Å². The van der Waals surface area contributed by atoms with Crippen molar-refractivity contribution in [3.63, 3.8) is 0 Å². The Morgan fingerprint density at radius 3 is 2.79 bits per heavy atom. The topological polar surface area (TPSA) is 83.6 Å². The predicted molar refractivity (Wildman–Crippen MR) is 72.5 cm³/mol. The molecule has 1 saturated heterocycles. The van der Waals surface area contributed by atoms with Crippen LogP contribution in [0.25, 0.3) is 0 Å². The second kappa shape index (κ2) is 5.35. The summed E-state index contributed by atoms with van der Waals surface area (Å²) in [5.74, 6) is -0.860. The number of sulfonamides is 1. The summed E-state index contributed by atoms with van der Waals surface area (Å²) in [4.78, 5) is -0.456. The van der Waals surface area contributed by atoms with E-state index in [1.54, 1.807) is 0 Å². The first kappa shape index (κ1) is 14.7. The number of halogens is 2. The third kappa shape index (κ3) is 2.91. The Morgan fingerprint density at radius 2 is 2.16 bits per heavy atom. The number of nitrogen functional groups attached to an aromatic ring is 1. The van der Waals surface area contributed by atoms with Gasteiger partial charge in [-0.25, -0.2) is 12.8 Å². The second-order valence-corrected chi connectivity index (χ2v) is 7.22. The van der Waals surface area contributed by atoms with Crippen molar-refractivity contribution in [1.29, 1.82) is 0 Å². The van der Waals surface area contributed by atoms with Gasteiger partial charge in [0.1, 0.15) is 10.7 Å². The number of nitrogens with two attached hydrogens (primary N) is 1. The molecule has 0 saturated carbocycles. The van der Waals surface area contributed by atoms with Crippen molar-refractivity contribution in [3.8, 4) is 0 Å². The maximum absolute atomic E-state index is 13.8. The molecule has 8 heteroatoms. The van der Waals surface area contributed by atoms with Gasteiger partial charge in [-0.2, -0.15) is 4.31 Å². The Kier molecular flexibility index (Phi) is 4.14. The molecule has 1 fully saturated rings. The highest BCUT2D eigenvalue weighted by Crippen LogP contribution is 2.29. The predicted octanol–water partition coefficient (Wildman–Crippen LogP) is 1.32. The van der Waals surface area contributed by atoms with E-state index in [1.165, 1.54) is 0 Å². The number of β-amino-alcohol motifs (C(OH)–C–C–N with tert-alkyl or cyclic N) is 1. The fourth-order valence-electron chi connectivity index (χ4n) is 2.02. The van der Waals surface area contributed by atoms with Gasteiger partial charge in [0, 0.05) is 23.2 Å². The number of aliphatic hydroxyl groups is 1. The van der Waals surface area contributed by atoms with Crippen molar-refractivity contribution < 1.29 is 17.9 Å². The van der Waals surface area contributed by atoms with Gasteiger partial charge in [0.05, 0.1) is 6.10 Å². The van der Waals surface area contributed by atoms with Crippen molar-refractivity contribution >= 4 is 31.6 Å². The molecule has 0 aliphatic carbocycles. The highest BCUT2D eigenvalue weighted by molar-refractivity contribution is 9.10. The van der Waals surface area contributed by atoms with Gasteiger partial charge in [0.25, 0.3) is 0 Å². The van der Waals surface area contributed by atoms with Crippen LogP contribution in [0, 0.1) is 5.82 Å². The van der Waals surface area contributed by atoms with Crippen molar-refractivity contribution in [2.75, 3.05) is 18.8 Å². The molecule has 0 amide bonds. The van der Waals surface area contributed by atoms with Crippen molar-refractivity contribution in [1.82, 2.24) is 4.31 Å². The SMILES string of the molecule is Nc1cc(S(=O)(=O)N2CCCC(O)C2)c(F)cc1Br. The van der Waals surface area contributed by atoms with Crippen LogP contribution in [0.3, 0.4) is 0 Å². The summed E-state index contributed by atoms with van der Waals surface area (Å²) in [5, 5.41) is 9.53. The Bertz CT molecular complexity index is 594. The Labute approximate surface area is 119 Å².